The summed E-state index contributed by atoms with van der Waals surface area (Å²) < 4.78 is 49.2. The molecule has 2 heterocycles. The molecule has 0 aromatic heterocycles. The van der Waals surface area contributed by atoms with Crippen LogP contribution < -0.4 is 4.74 Å². The van der Waals surface area contributed by atoms with Crippen molar-refractivity contribution in [2.45, 2.75) is 31.1 Å². The first-order valence-corrected chi connectivity index (χ1v) is 7.90. The third-order valence-corrected chi connectivity index (χ3v) is 5.05. The number of likely N-dealkylation sites (N-methyl/N-ethyl adjacent to an activating group) is 1. The predicted octanol–water partition coefficient (Wildman–Crippen LogP) is 3.01. The van der Waals surface area contributed by atoms with Crippen LogP contribution in [-0.2, 0) is 10.9 Å². The fourth-order valence-electron chi connectivity index (χ4n) is 3.62. The Morgan fingerprint density at radius 1 is 1.25 bits per heavy atom. The first-order chi connectivity index (χ1) is 11.3. The van der Waals surface area contributed by atoms with E-state index in [2.05, 4.69) is 4.90 Å². The molecule has 7 heteroatoms. The third kappa shape index (κ3) is 3.15. The van der Waals surface area contributed by atoms with Crippen LogP contribution in [0.4, 0.5) is 13.2 Å². The standard InChI is InChI=1S/C17H20F3NO3/c1-21-12-5-11(6-13(21)9-24-8-12)16(22)10-3-4-14(17(18,19)20)15(7-10)23-2/h3-4,7,11-13H,5-6,8-9H2,1-2H3. The number of morpholine rings is 1. The highest BCUT2D eigenvalue weighted by atomic mass is 19.4. The largest absolute Gasteiger partial charge is 0.496 e. The maximum Gasteiger partial charge on any atom is 0.419 e. The number of hydrogen-bond donors (Lipinski definition) is 0. The molecule has 0 amide bonds. The Bertz CT molecular complexity index is 618. The quantitative estimate of drug-likeness (QED) is 0.791. The van der Waals surface area contributed by atoms with E-state index in [1.165, 1.54) is 19.2 Å². The minimum Gasteiger partial charge on any atom is -0.496 e. The lowest BCUT2D eigenvalue weighted by molar-refractivity contribution is -0.138. The van der Waals surface area contributed by atoms with Crippen LogP contribution in [0.1, 0.15) is 28.8 Å². The molecule has 2 unspecified atom stereocenters. The number of benzene rings is 1. The average molecular weight is 343 g/mol. The van der Waals surface area contributed by atoms with Crippen molar-refractivity contribution in [1.29, 1.82) is 0 Å². The highest BCUT2D eigenvalue weighted by Crippen LogP contribution is 2.38. The van der Waals surface area contributed by atoms with E-state index in [1.54, 1.807) is 0 Å². The number of carbonyl (C=O) groups excluding carboxylic acids is 1. The van der Waals surface area contributed by atoms with Gasteiger partial charge in [-0.1, -0.05) is 6.07 Å². The summed E-state index contributed by atoms with van der Waals surface area (Å²) in [7, 11) is 3.20. The van der Waals surface area contributed by atoms with Gasteiger partial charge in [0.1, 0.15) is 5.75 Å². The van der Waals surface area contributed by atoms with Gasteiger partial charge in [0.15, 0.2) is 5.78 Å². The van der Waals surface area contributed by atoms with Gasteiger partial charge in [-0.3, -0.25) is 9.69 Å². The maximum atomic E-state index is 12.9. The monoisotopic (exact) mass is 343 g/mol. The number of ketones is 1. The van der Waals surface area contributed by atoms with Gasteiger partial charge < -0.3 is 9.47 Å². The number of rotatable bonds is 3. The number of hydrogen-bond acceptors (Lipinski definition) is 4. The van der Waals surface area contributed by atoms with Gasteiger partial charge in [-0.2, -0.15) is 13.2 Å². The Balaban J connectivity index is 1.83. The summed E-state index contributed by atoms with van der Waals surface area (Å²) in [6, 6.07) is 3.74. The average Bonchev–Trinajstić information content (AvgIpc) is 2.52. The van der Waals surface area contributed by atoms with Gasteiger partial charge in [0.25, 0.3) is 0 Å². The Labute approximate surface area is 138 Å². The molecule has 3 rings (SSSR count). The van der Waals surface area contributed by atoms with Crippen molar-refractivity contribution in [3.63, 3.8) is 0 Å². The number of nitrogens with zero attached hydrogens (tertiary/aromatic N) is 1. The number of carbonyl (C=O) groups is 1. The first kappa shape index (κ1) is 17.2. The topological polar surface area (TPSA) is 38.8 Å². The van der Waals surface area contributed by atoms with Crippen molar-refractivity contribution >= 4 is 5.78 Å². The predicted molar refractivity (Wildman–Crippen MR) is 81.2 cm³/mol. The van der Waals surface area contributed by atoms with Crippen LogP contribution in [-0.4, -0.2) is 50.1 Å². The lowest BCUT2D eigenvalue weighted by Crippen LogP contribution is -2.55. The zero-order valence-electron chi connectivity index (χ0n) is 13.6. The second-order valence-corrected chi connectivity index (χ2v) is 6.46. The van der Waals surface area contributed by atoms with E-state index in [1.807, 2.05) is 7.05 Å². The minimum absolute atomic E-state index is 0.118. The van der Waals surface area contributed by atoms with Crippen LogP contribution in [0.25, 0.3) is 0 Å². The second kappa shape index (κ2) is 6.37. The van der Waals surface area contributed by atoms with Gasteiger partial charge in [0.2, 0.25) is 0 Å². The molecule has 0 aliphatic carbocycles. The molecule has 0 radical (unpaired) electrons. The van der Waals surface area contributed by atoms with Gasteiger partial charge in [-0.15, -0.1) is 0 Å². The third-order valence-electron chi connectivity index (χ3n) is 5.05. The van der Waals surface area contributed by atoms with E-state index < -0.39 is 11.7 Å². The van der Waals surface area contributed by atoms with Gasteiger partial charge in [-0.25, -0.2) is 0 Å². The molecule has 24 heavy (non-hydrogen) atoms. The highest BCUT2D eigenvalue weighted by Gasteiger charge is 2.40. The van der Waals surface area contributed by atoms with E-state index >= 15 is 0 Å². The van der Waals surface area contributed by atoms with Crippen LogP contribution >= 0.6 is 0 Å². The van der Waals surface area contributed by atoms with Gasteiger partial charge in [-0.05, 0) is 32.0 Å². The second-order valence-electron chi connectivity index (χ2n) is 6.46. The number of halogens is 3. The molecule has 0 saturated carbocycles. The molecule has 2 bridgehead atoms. The number of Topliss-reactive ketones (excluding diaryl/α,β-unsaturated/α-hetero) is 1. The summed E-state index contributed by atoms with van der Waals surface area (Å²) in [6.45, 7) is 1.18. The molecular formula is C17H20F3NO3. The fourth-order valence-corrected chi connectivity index (χ4v) is 3.62. The van der Waals surface area contributed by atoms with Crippen molar-refractivity contribution in [2.75, 3.05) is 27.4 Å². The lowest BCUT2D eigenvalue weighted by atomic mass is 9.81. The van der Waals surface area contributed by atoms with E-state index in [0.29, 0.717) is 26.1 Å². The van der Waals surface area contributed by atoms with Crippen molar-refractivity contribution < 1.29 is 27.4 Å². The molecule has 0 spiro atoms. The lowest BCUT2D eigenvalue weighted by Gasteiger charge is -2.46. The van der Waals surface area contributed by atoms with Crippen LogP contribution in [0.2, 0.25) is 0 Å². The molecule has 2 aliphatic rings. The number of fused-ring (bicyclic) bond motifs is 2. The Hall–Kier alpha value is -1.60. The molecule has 1 aromatic rings. The first-order valence-electron chi connectivity index (χ1n) is 7.90. The Morgan fingerprint density at radius 2 is 1.88 bits per heavy atom. The molecule has 2 saturated heterocycles. The van der Waals surface area contributed by atoms with Crippen LogP contribution in [0.3, 0.4) is 0 Å². The number of methoxy groups -OCH3 is 1. The van der Waals surface area contributed by atoms with Crippen molar-refractivity contribution in [3.05, 3.63) is 29.3 Å². The Kier molecular flexibility index (Phi) is 4.57. The summed E-state index contributed by atoms with van der Waals surface area (Å²) in [5.74, 6) is -0.627. The normalized spacial score (nSPS) is 27.8. The molecular weight excluding hydrogens is 323 g/mol. The summed E-state index contributed by atoms with van der Waals surface area (Å²) in [6.07, 6.45) is -3.18. The summed E-state index contributed by atoms with van der Waals surface area (Å²) in [4.78, 5) is 15.0. The molecule has 4 nitrogen and oxygen atoms in total. The molecule has 1 aromatic carbocycles. The SMILES string of the molecule is COc1cc(C(=O)C2CC3COCC(C2)N3C)ccc1C(F)(F)F. The van der Waals surface area contributed by atoms with Gasteiger partial charge >= 0.3 is 6.18 Å². The van der Waals surface area contributed by atoms with E-state index in [0.717, 1.165) is 6.07 Å². The maximum absolute atomic E-state index is 12.9. The van der Waals surface area contributed by atoms with E-state index in [4.69, 9.17) is 9.47 Å². The zero-order valence-corrected chi connectivity index (χ0v) is 13.6. The van der Waals surface area contributed by atoms with Crippen LogP contribution in [0.5, 0.6) is 5.75 Å². The molecule has 132 valence electrons. The van der Waals surface area contributed by atoms with Crippen LogP contribution in [0, 0.1) is 5.92 Å². The van der Waals surface area contributed by atoms with Crippen molar-refractivity contribution in [1.82, 2.24) is 4.90 Å². The van der Waals surface area contributed by atoms with Crippen molar-refractivity contribution in [2.24, 2.45) is 5.92 Å². The molecule has 2 aliphatic heterocycles. The molecule has 0 N–H and O–H groups in total. The highest BCUT2D eigenvalue weighted by molar-refractivity contribution is 5.98. The Morgan fingerprint density at radius 3 is 2.42 bits per heavy atom. The zero-order chi connectivity index (χ0) is 17.5. The number of piperidine rings is 1. The number of alkyl halides is 3. The molecule has 2 fully saturated rings. The van der Waals surface area contributed by atoms with E-state index in [-0.39, 0.29) is 35.1 Å². The smallest absolute Gasteiger partial charge is 0.419 e. The van der Waals surface area contributed by atoms with Gasteiger partial charge in [0, 0.05) is 23.6 Å². The summed E-state index contributed by atoms with van der Waals surface area (Å²) in [5.41, 5.74) is -0.594. The minimum atomic E-state index is -4.51. The molecule has 2 atom stereocenters. The summed E-state index contributed by atoms with van der Waals surface area (Å²) in [5, 5.41) is 0. The van der Waals surface area contributed by atoms with Gasteiger partial charge in [0.05, 0.1) is 25.9 Å². The fraction of sp³-hybridized carbons (Fsp3) is 0.588. The van der Waals surface area contributed by atoms with Crippen LogP contribution in [0.15, 0.2) is 18.2 Å². The van der Waals surface area contributed by atoms with Crippen molar-refractivity contribution in [3.8, 4) is 5.75 Å². The summed E-state index contributed by atoms with van der Waals surface area (Å²) >= 11 is 0. The van der Waals surface area contributed by atoms with E-state index in [9.17, 15) is 18.0 Å². The number of ether oxygens (including phenoxy) is 2.